The third kappa shape index (κ3) is 7.11. The Morgan fingerprint density at radius 3 is 0.861 bits per heavy atom. The minimum absolute atomic E-state index is 0.0651. The topological polar surface area (TPSA) is 36.9 Å². The van der Waals surface area contributed by atoms with Crippen LogP contribution in [0.15, 0.2) is 24.3 Å². The van der Waals surface area contributed by atoms with Crippen LogP contribution < -0.4 is 18.9 Å². The van der Waals surface area contributed by atoms with Crippen molar-refractivity contribution < 1.29 is 18.9 Å². The molecule has 0 saturated carbocycles. The van der Waals surface area contributed by atoms with Crippen LogP contribution in [-0.4, -0.2) is 27.4 Å². The number of methoxy groups -OCH3 is 2. The normalized spacial score (nSPS) is 12.9. The molecule has 0 unspecified atom stereocenters. The third-order valence-corrected chi connectivity index (χ3v) is 6.43. The highest BCUT2D eigenvalue weighted by molar-refractivity contribution is 5.53. The highest BCUT2D eigenvalue weighted by Gasteiger charge is 2.28. The zero-order chi connectivity index (χ0) is 27.7. The molecule has 0 aromatic heterocycles. The van der Waals surface area contributed by atoms with Gasteiger partial charge in [-0.15, -0.1) is 0 Å². The first-order valence-electron chi connectivity index (χ1n) is 13.0. The van der Waals surface area contributed by atoms with Gasteiger partial charge >= 0.3 is 0 Å². The fourth-order valence-electron chi connectivity index (χ4n) is 4.34. The van der Waals surface area contributed by atoms with E-state index in [4.69, 9.17) is 18.9 Å². The Balaban J connectivity index is 2.37. The van der Waals surface area contributed by atoms with E-state index in [1.165, 1.54) is 0 Å². The van der Waals surface area contributed by atoms with Gasteiger partial charge in [-0.2, -0.15) is 0 Å². The van der Waals surface area contributed by atoms with Crippen molar-refractivity contribution in [2.24, 2.45) is 0 Å². The lowest BCUT2D eigenvalue weighted by molar-refractivity contribution is 0.210. The summed E-state index contributed by atoms with van der Waals surface area (Å²) in [5.41, 5.74) is 4.22. The van der Waals surface area contributed by atoms with Gasteiger partial charge in [-0.3, -0.25) is 0 Å². The van der Waals surface area contributed by atoms with Gasteiger partial charge < -0.3 is 18.9 Å². The Morgan fingerprint density at radius 2 is 0.639 bits per heavy atom. The largest absolute Gasteiger partial charge is 0.496 e. The maximum absolute atomic E-state index is 6.38. The lowest BCUT2D eigenvalue weighted by Crippen LogP contribution is -2.21. The monoisotopic (exact) mass is 498 g/mol. The van der Waals surface area contributed by atoms with Crippen LogP contribution in [0.25, 0.3) is 0 Å². The van der Waals surface area contributed by atoms with Crippen LogP contribution in [0.3, 0.4) is 0 Å². The van der Waals surface area contributed by atoms with Gasteiger partial charge in [-0.05, 0) is 45.9 Å². The zero-order valence-corrected chi connectivity index (χ0v) is 25.4. The van der Waals surface area contributed by atoms with Gasteiger partial charge in [0, 0.05) is 22.3 Å². The number of hydrogen-bond donors (Lipinski definition) is 0. The molecule has 4 heteroatoms. The minimum Gasteiger partial charge on any atom is -0.496 e. The van der Waals surface area contributed by atoms with Crippen LogP contribution >= 0.6 is 0 Å². The summed E-state index contributed by atoms with van der Waals surface area (Å²) in [6.07, 6.45) is 0. The summed E-state index contributed by atoms with van der Waals surface area (Å²) in [4.78, 5) is 0. The average Bonchev–Trinajstić information content (AvgIpc) is 2.73. The molecule has 36 heavy (non-hydrogen) atoms. The second-order valence-electron chi connectivity index (χ2n) is 13.8. The number of rotatable bonds is 7. The van der Waals surface area contributed by atoms with Crippen molar-refractivity contribution in [1.82, 2.24) is 0 Å². The molecule has 0 atom stereocenters. The standard InChI is InChI=1S/C32H50O4/c1-29(2,3)21-19-27(23(31(7,8)9)17-25(21)33-13)35-15-16-36-28-20-22(30(4,5)6)26(34-14)18-24(28)32(10,11)12/h17-20H,15-16H2,1-14H3. The van der Waals surface area contributed by atoms with Crippen LogP contribution in [0.5, 0.6) is 23.0 Å². The predicted octanol–water partition coefficient (Wildman–Crippen LogP) is 8.35. The highest BCUT2D eigenvalue weighted by atomic mass is 16.5. The van der Waals surface area contributed by atoms with E-state index in [-0.39, 0.29) is 21.7 Å². The molecule has 0 aliphatic heterocycles. The van der Waals surface area contributed by atoms with Crippen molar-refractivity contribution in [3.8, 4) is 23.0 Å². The first kappa shape index (κ1) is 29.9. The summed E-state index contributed by atoms with van der Waals surface area (Å²) in [5, 5.41) is 0. The summed E-state index contributed by atoms with van der Waals surface area (Å²) < 4.78 is 24.3. The predicted molar refractivity (Wildman–Crippen MR) is 152 cm³/mol. The Labute approximate surface area is 220 Å². The van der Waals surface area contributed by atoms with Gasteiger partial charge in [0.2, 0.25) is 0 Å². The Kier molecular flexibility index (Phi) is 8.76. The lowest BCUT2D eigenvalue weighted by atomic mass is 9.81. The molecular weight excluding hydrogens is 448 g/mol. The van der Waals surface area contributed by atoms with Crippen molar-refractivity contribution in [2.75, 3.05) is 27.4 Å². The summed E-state index contributed by atoms with van der Waals surface area (Å²) >= 11 is 0. The average molecular weight is 499 g/mol. The number of hydrogen-bond acceptors (Lipinski definition) is 4. The van der Waals surface area contributed by atoms with Crippen molar-refractivity contribution in [3.05, 3.63) is 46.5 Å². The fourth-order valence-corrected chi connectivity index (χ4v) is 4.34. The molecular formula is C32H50O4. The van der Waals surface area contributed by atoms with Gasteiger partial charge in [-0.1, -0.05) is 83.1 Å². The van der Waals surface area contributed by atoms with E-state index < -0.39 is 0 Å². The molecule has 0 N–H and O–H groups in total. The third-order valence-electron chi connectivity index (χ3n) is 6.43. The Bertz CT molecular complexity index is 953. The van der Waals surface area contributed by atoms with Gasteiger partial charge in [0.05, 0.1) is 14.2 Å². The van der Waals surface area contributed by atoms with Crippen LogP contribution in [0, 0.1) is 0 Å². The fraction of sp³-hybridized carbons (Fsp3) is 0.625. The van der Waals surface area contributed by atoms with Crippen LogP contribution in [-0.2, 0) is 21.7 Å². The van der Waals surface area contributed by atoms with Gasteiger partial charge in [0.15, 0.2) is 0 Å². The van der Waals surface area contributed by atoms with E-state index in [0.717, 1.165) is 45.3 Å². The molecule has 0 aliphatic rings. The van der Waals surface area contributed by atoms with Crippen molar-refractivity contribution >= 4 is 0 Å². The first-order valence-corrected chi connectivity index (χ1v) is 13.0. The summed E-state index contributed by atoms with van der Waals surface area (Å²) in [6, 6.07) is 8.55. The quantitative estimate of drug-likeness (QED) is 0.359. The van der Waals surface area contributed by atoms with Crippen molar-refractivity contribution in [1.29, 1.82) is 0 Å². The summed E-state index contributed by atoms with van der Waals surface area (Å²) in [5.74, 6) is 3.58. The van der Waals surface area contributed by atoms with E-state index in [1.807, 2.05) is 0 Å². The molecule has 0 bridgehead atoms. The molecule has 2 aromatic rings. The van der Waals surface area contributed by atoms with E-state index in [9.17, 15) is 0 Å². The molecule has 2 aromatic carbocycles. The highest BCUT2D eigenvalue weighted by Crippen LogP contribution is 2.42. The Morgan fingerprint density at radius 1 is 0.417 bits per heavy atom. The van der Waals surface area contributed by atoms with E-state index in [0.29, 0.717) is 13.2 Å². The minimum atomic E-state index is -0.0864. The van der Waals surface area contributed by atoms with Crippen LogP contribution in [0.4, 0.5) is 0 Å². The molecule has 0 radical (unpaired) electrons. The molecule has 0 aliphatic carbocycles. The molecule has 0 spiro atoms. The molecule has 0 saturated heterocycles. The van der Waals surface area contributed by atoms with Gasteiger partial charge in [0.25, 0.3) is 0 Å². The van der Waals surface area contributed by atoms with E-state index >= 15 is 0 Å². The maximum Gasteiger partial charge on any atom is 0.123 e. The molecule has 0 amide bonds. The summed E-state index contributed by atoms with van der Waals surface area (Å²) in [7, 11) is 3.47. The smallest absolute Gasteiger partial charge is 0.123 e. The molecule has 0 fully saturated rings. The lowest BCUT2D eigenvalue weighted by Gasteiger charge is -2.29. The second-order valence-corrected chi connectivity index (χ2v) is 13.8. The summed E-state index contributed by atoms with van der Waals surface area (Å²) in [6.45, 7) is 27.2. The van der Waals surface area contributed by atoms with Gasteiger partial charge in [-0.25, -0.2) is 0 Å². The van der Waals surface area contributed by atoms with E-state index in [1.54, 1.807) is 14.2 Å². The number of benzene rings is 2. The van der Waals surface area contributed by atoms with Crippen molar-refractivity contribution in [2.45, 2.75) is 105 Å². The van der Waals surface area contributed by atoms with E-state index in [2.05, 4.69) is 107 Å². The second kappa shape index (κ2) is 10.6. The number of ether oxygens (including phenoxy) is 4. The molecule has 4 nitrogen and oxygen atoms in total. The van der Waals surface area contributed by atoms with Crippen LogP contribution in [0.2, 0.25) is 0 Å². The molecule has 2 rings (SSSR count). The van der Waals surface area contributed by atoms with Gasteiger partial charge in [0.1, 0.15) is 36.2 Å². The maximum atomic E-state index is 6.38. The zero-order valence-electron chi connectivity index (χ0n) is 25.4. The Hall–Kier alpha value is -2.36. The first-order chi connectivity index (χ1) is 16.3. The molecule has 0 heterocycles. The van der Waals surface area contributed by atoms with Crippen molar-refractivity contribution in [3.63, 3.8) is 0 Å². The SMILES string of the molecule is COc1cc(C(C)(C)C)c(OCCOc2cc(C(C)(C)C)c(OC)cc2C(C)(C)C)cc1C(C)(C)C. The molecule has 202 valence electrons. The van der Waals surface area contributed by atoms with Crippen LogP contribution in [0.1, 0.15) is 105 Å².